The molecule has 0 amide bonds. The van der Waals surface area contributed by atoms with Crippen molar-refractivity contribution in [3.63, 3.8) is 0 Å². The van der Waals surface area contributed by atoms with Gasteiger partial charge in [0, 0.05) is 30.5 Å². The SMILES string of the molecule is COc1ccc(Cc2ccncc2)cc1CNC1CC1. The van der Waals surface area contributed by atoms with E-state index in [1.807, 2.05) is 12.4 Å². The lowest BCUT2D eigenvalue weighted by Gasteiger charge is -2.11. The first-order valence-corrected chi connectivity index (χ1v) is 7.13. The highest BCUT2D eigenvalue weighted by atomic mass is 16.5. The van der Waals surface area contributed by atoms with Crippen LogP contribution in [0, 0.1) is 0 Å². The number of ether oxygens (including phenoxy) is 1. The van der Waals surface area contributed by atoms with Gasteiger partial charge in [0.2, 0.25) is 0 Å². The van der Waals surface area contributed by atoms with Crippen molar-refractivity contribution in [2.75, 3.05) is 7.11 Å². The molecule has 1 N–H and O–H groups in total. The molecule has 1 saturated carbocycles. The predicted molar refractivity (Wildman–Crippen MR) is 79.9 cm³/mol. The Morgan fingerprint density at radius 3 is 2.65 bits per heavy atom. The molecule has 2 aromatic rings. The number of pyridine rings is 1. The van der Waals surface area contributed by atoms with Crippen molar-refractivity contribution < 1.29 is 4.74 Å². The fourth-order valence-electron chi connectivity index (χ4n) is 2.36. The van der Waals surface area contributed by atoms with Gasteiger partial charge < -0.3 is 10.1 Å². The summed E-state index contributed by atoms with van der Waals surface area (Å²) in [5.41, 5.74) is 3.84. The number of methoxy groups -OCH3 is 1. The summed E-state index contributed by atoms with van der Waals surface area (Å²) in [5.74, 6) is 0.969. The monoisotopic (exact) mass is 268 g/mol. The molecule has 1 aromatic heterocycles. The second kappa shape index (κ2) is 6.06. The molecule has 0 aliphatic heterocycles. The van der Waals surface area contributed by atoms with Crippen molar-refractivity contribution in [3.8, 4) is 5.75 Å². The second-order valence-corrected chi connectivity index (χ2v) is 5.33. The van der Waals surface area contributed by atoms with Gasteiger partial charge in [0.1, 0.15) is 5.75 Å². The number of rotatable bonds is 6. The van der Waals surface area contributed by atoms with Gasteiger partial charge in [-0.2, -0.15) is 0 Å². The van der Waals surface area contributed by atoms with E-state index in [0.717, 1.165) is 18.7 Å². The highest BCUT2D eigenvalue weighted by Gasteiger charge is 2.20. The van der Waals surface area contributed by atoms with E-state index < -0.39 is 0 Å². The number of nitrogens with zero attached hydrogens (tertiary/aromatic N) is 1. The molecule has 1 heterocycles. The number of hydrogen-bond donors (Lipinski definition) is 1. The molecule has 3 nitrogen and oxygen atoms in total. The summed E-state index contributed by atoms with van der Waals surface area (Å²) < 4.78 is 5.45. The molecule has 1 aliphatic rings. The predicted octanol–water partition coefficient (Wildman–Crippen LogP) is 2.93. The Hall–Kier alpha value is -1.87. The molecule has 0 bridgehead atoms. The van der Waals surface area contributed by atoms with Gasteiger partial charge in [0.25, 0.3) is 0 Å². The summed E-state index contributed by atoms with van der Waals surface area (Å²) in [4.78, 5) is 4.06. The molecule has 1 fully saturated rings. The van der Waals surface area contributed by atoms with Crippen molar-refractivity contribution in [3.05, 3.63) is 59.4 Å². The van der Waals surface area contributed by atoms with Crippen LogP contribution in [0.4, 0.5) is 0 Å². The van der Waals surface area contributed by atoms with E-state index in [1.165, 1.54) is 29.5 Å². The Labute approximate surface area is 120 Å². The Morgan fingerprint density at radius 2 is 1.95 bits per heavy atom. The molecule has 0 atom stereocenters. The average Bonchev–Trinajstić information content (AvgIpc) is 3.31. The highest BCUT2D eigenvalue weighted by molar-refractivity contribution is 5.39. The lowest BCUT2D eigenvalue weighted by molar-refractivity contribution is 0.407. The molecular formula is C17H20N2O. The van der Waals surface area contributed by atoms with Crippen LogP contribution in [-0.4, -0.2) is 18.1 Å². The number of nitrogens with one attached hydrogen (secondary N) is 1. The first-order valence-electron chi connectivity index (χ1n) is 7.13. The normalized spacial score (nSPS) is 14.2. The van der Waals surface area contributed by atoms with Crippen LogP contribution in [0.1, 0.15) is 29.5 Å². The first-order chi connectivity index (χ1) is 9.85. The molecular weight excluding hydrogens is 248 g/mol. The van der Waals surface area contributed by atoms with Crippen LogP contribution in [0.5, 0.6) is 5.75 Å². The fraction of sp³-hybridized carbons (Fsp3) is 0.353. The maximum absolute atomic E-state index is 5.45. The zero-order chi connectivity index (χ0) is 13.8. The zero-order valence-corrected chi connectivity index (χ0v) is 11.8. The Morgan fingerprint density at radius 1 is 1.15 bits per heavy atom. The molecule has 0 spiro atoms. The van der Waals surface area contributed by atoms with E-state index in [2.05, 4.69) is 40.6 Å². The first kappa shape index (κ1) is 13.1. The molecule has 1 aliphatic carbocycles. The third-order valence-electron chi connectivity index (χ3n) is 3.66. The zero-order valence-electron chi connectivity index (χ0n) is 11.8. The average molecular weight is 268 g/mol. The van der Waals surface area contributed by atoms with Crippen LogP contribution in [0.3, 0.4) is 0 Å². The molecule has 0 radical (unpaired) electrons. The Kier molecular flexibility index (Phi) is 3.97. The van der Waals surface area contributed by atoms with Gasteiger partial charge in [0.05, 0.1) is 7.11 Å². The smallest absolute Gasteiger partial charge is 0.123 e. The standard InChI is InChI=1S/C17H20N2O/c1-20-17-5-2-14(10-13-6-8-18-9-7-13)11-15(17)12-19-16-3-4-16/h2,5-9,11,16,19H,3-4,10,12H2,1H3. The molecule has 0 saturated heterocycles. The minimum atomic E-state index is 0.712. The Balaban J connectivity index is 1.75. The summed E-state index contributed by atoms with van der Waals surface area (Å²) in [6.45, 7) is 0.887. The minimum Gasteiger partial charge on any atom is -0.496 e. The van der Waals surface area contributed by atoms with Gasteiger partial charge in [-0.15, -0.1) is 0 Å². The van der Waals surface area contributed by atoms with E-state index in [0.29, 0.717) is 6.04 Å². The second-order valence-electron chi connectivity index (χ2n) is 5.33. The third-order valence-corrected chi connectivity index (χ3v) is 3.66. The lowest BCUT2D eigenvalue weighted by atomic mass is 10.0. The van der Waals surface area contributed by atoms with Crippen molar-refractivity contribution in [1.29, 1.82) is 0 Å². The number of aromatic nitrogens is 1. The minimum absolute atomic E-state index is 0.712. The van der Waals surface area contributed by atoms with Crippen molar-refractivity contribution in [1.82, 2.24) is 10.3 Å². The summed E-state index contributed by atoms with van der Waals surface area (Å²) in [6.07, 6.45) is 7.23. The fourth-order valence-corrected chi connectivity index (χ4v) is 2.36. The summed E-state index contributed by atoms with van der Waals surface area (Å²) in [5, 5.41) is 3.55. The lowest BCUT2D eigenvalue weighted by Crippen LogP contribution is -2.16. The van der Waals surface area contributed by atoms with Gasteiger partial charge in [-0.1, -0.05) is 12.1 Å². The van der Waals surface area contributed by atoms with Gasteiger partial charge in [0.15, 0.2) is 0 Å². The van der Waals surface area contributed by atoms with E-state index in [4.69, 9.17) is 4.74 Å². The van der Waals surface area contributed by atoms with Crippen molar-refractivity contribution in [2.24, 2.45) is 0 Å². The molecule has 3 heteroatoms. The van der Waals surface area contributed by atoms with E-state index in [9.17, 15) is 0 Å². The highest BCUT2D eigenvalue weighted by Crippen LogP contribution is 2.24. The molecule has 3 rings (SSSR count). The van der Waals surface area contributed by atoms with Gasteiger partial charge in [-0.05, 0) is 48.6 Å². The summed E-state index contributed by atoms with van der Waals surface area (Å²) in [7, 11) is 1.73. The maximum atomic E-state index is 5.45. The quantitative estimate of drug-likeness (QED) is 0.874. The van der Waals surface area contributed by atoms with Crippen LogP contribution in [-0.2, 0) is 13.0 Å². The molecule has 20 heavy (non-hydrogen) atoms. The van der Waals surface area contributed by atoms with Crippen LogP contribution >= 0.6 is 0 Å². The maximum Gasteiger partial charge on any atom is 0.123 e. The largest absolute Gasteiger partial charge is 0.496 e. The van der Waals surface area contributed by atoms with E-state index in [-0.39, 0.29) is 0 Å². The van der Waals surface area contributed by atoms with E-state index in [1.54, 1.807) is 7.11 Å². The Bertz CT molecular complexity index is 564. The number of hydrogen-bond acceptors (Lipinski definition) is 3. The van der Waals surface area contributed by atoms with Gasteiger partial charge in [-0.3, -0.25) is 4.98 Å². The van der Waals surface area contributed by atoms with Crippen LogP contribution in [0.2, 0.25) is 0 Å². The van der Waals surface area contributed by atoms with Crippen molar-refractivity contribution in [2.45, 2.75) is 31.8 Å². The van der Waals surface area contributed by atoms with Gasteiger partial charge in [-0.25, -0.2) is 0 Å². The summed E-state index contributed by atoms with van der Waals surface area (Å²) >= 11 is 0. The van der Waals surface area contributed by atoms with Crippen LogP contribution in [0.15, 0.2) is 42.7 Å². The van der Waals surface area contributed by atoms with E-state index >= 15 is 0 Å². The molecule has 1 aromatic carbocycles. The van der Waals surface area contributed by atoms with Crippen molar-refractivity contribution >= 4 is 0 Å². The number of benzene rings is 1. The molecule has 104 valence electrons. The summed E-state index contributed by atoms with van der Waals surface area (Å²) in [6, 6.07) is 11.3. The topological polar surface area (TPSA) is 34.1 Å². The van der Waals surface area contributed by atoms with Crippen LogP contribution in [0.25, 0.3) is 0 Å². The molecule has 0 unspecified atom stereocenters. The third kappa shape index (κ3) is 3.36. The van der Waals surface area contributed by atoms with Gasteiger partial charge >= 0.3 is 0 Å². The van der Waals surface area contributed by atoms with Crippen LogP contribution < -0.4 is 10.1 Å².